The standard InChI is InChI=1S/C14H16N2O3/c1-2-11-8-16-14(19-11)9-15-13(18)7-10-5-3-4-6-12(10)17/h3-6,8,17H,2,7,9H2,1H3,(H,15,18). The molecule has 0 fully saturated rings. The van der Waals surface area contributed by atoms with Crippen molar-refractivity contribution >= 4 is 5.91 Å². The van der Waals surface area contributed by atoms with Gasteiger partial charge in [-0.2, -0.15) is 0 Å². The number of aryl methyl sites for hydroxylation is 1. The van der Waals surface area contributed by atoms with Crippen molar-refractivity contribution in [2.75, 3.05) is 0 Å². The van der Waals surface area contributed by atoms with Gasteiger partial charge in [0.15, 0.2) is 0 Å². The molecule has 0 aliphatic carbocycles. The molecule has 5 nitrogen and oxygen atoms in total. The van der Waals surface area contributed by atoms with Crippen LogP contribution >= 0.6 is 0 Å². The van der Waals surface area contributed by atoms with Crippen LogP contribution in [0.3, 0.4) is 0 Å². The number of carbonyl (C=O) groups is 1. The number of aromatic hydroxyl groups is 1. The van der Waals surface area contributed by atoms with Crippen molar-refractivity contribution in [2.45, 2.75) is 26.3 Å². The van der Waals surface area contributed by atoms with E-state index in [1.165, 1.54) is 0 Å². The predicted octanol–water partition coefficient (Wildman–Crippen LogP) is 1.80. The van der Waals surface area contributed by atoms with Crippen LogP contribution in [-0.4, -0.2) is 16.0 Å². The SMILES string of the molecule is CCc1cnc(CNC(=O)Cc2ccccc2O)o1. The number of rotatable bonds is 5. The average molecular weight is 260 g/mol. The maximum Gasteiger partial charge on any atom is 0.224 e. The van der Waals surface area contributed by atoms with Gasteiger partial charge in [0.2, 0.25) is 11.8 Å². The van der Waals surface area contributed by atoms with Crippen LogP contribution in [0.4, 0.5) is 0 Å². The summed E-state index contributed by atoms with van der Waals surface area (Å²) in [4.78, 5) is 15.8. The van der Waals surface area contributed by atoms with Crippen molar-refractivity contribution in [1.82, 2.24) is 10.3 Å². The second-order valence-electron chi connectivity index (χ2n) is 4.16. The smallest absolute Gasteiger partial charge is 0.224 e. The molecule has 2 N–H and O–H groups in total. The first kappa shape index (κ1) is 13.1. The molecule has 2 rings (SSSR count). The number of phenolic OH excluding ortho intramolecular Hbond substituents is 1. The van der Waals surface area contributed by atoms with Gasteiger partial charge in [-0.3, -0.25) is 4.79 Å². The number of nitrogens with one attached hydrogen (secondary N) is 1. The third-order valence-electron chi connectivity index (χ3n) is 2.73. The van der Waals surface area contributed by atoms with Gasteiger partial charge in [0, 0.05) is 12.0 Å². The van der Waals surface area contributed by atoms with Gasteiger partial charge in [-0.05, 0) is 6.07 Å². The van der Waals surface area contributed by atoms with Crippen LogP contribution in [-0.2, 0) is 24.2 Å². The number of para-hydroxylation sites is 1. The van der Waals surface area contributed by atoms with Gasteiger partial charge >= 0.3 is 0 Å². The summed E-state index contributed by atoms with van der Waals surface area (Å²) >= 11 is 0. The van der Waals surface area contributed by atoms with Crippen molar-refractivity contribution in [1.29, 1.82) is 0 Å². The van der Waals surface area contributed by atoms with Crippen LogP contribution < -0.4 is 5.32 Å². The van der Waals surface area contributed by atoms with E-state index in [0.717, 1.165) is 12.2 Å². The molecule has 2 aromatic rings. The molecule has 1 aromatic heterocycles. The molecule has 0 radical (unpaired) electrons. The van der Waals surface area contributed by atoms with Gasteiger partial charge in [0.05, 0.1) is 19.2 Å². The monoisotopic (exact) mass is 260 g/mol. The molecule has 0 spiro atoms. The number of phenols is 1. The Morgan fingerprint density at radius 2 is 2.21 bits per heavy atom. The number of hydrogen-bond donors (Lipinski definition) is 2. The maximum absolute atomic E-state index is 11.7. The molecule has 0 bridgehead atoms. The van der Waals surface area contributed by atoms with Crippen molar-refractivity contribution < 1.29 is 14.3 Å². The molecule has 100 valence electrons. The number of hydrogen-bond acceptors (Lipinski definition) is 4. The Morgan fingerprint density at radius 1 is 1.42 bits per heavy atom. The van der Waals surface area contributed by atoms with Crippen LogP contribution in [0.5, 0.6) is 5.75 Å². The van der Waals surface area contributed by atoms with Crippen molar-refractivity contribution in [3.05, 3.63) is 47.7 Å². The minimum absolute atomic E-state index is 0.127. The minimum atomic E-state index is -0.183. The number of carbonyl (C=O) groups excluding carboxylic acids is 1. The van der Waals surface area contributed by atoms with E-state index in [-0.39, 0.29) is 24.6 Å². The Bertz CT molecular complexity index is 563. The highest BCUT2D eigenvalue weighted by atomic mass is 16.4. The third-order valence-corrected chi connectivity index (χ3v) is 2.73. The van der Waals surface area contributed by atoms with E-state index in [1.807, 2.05) is 6.92 Å². The molecule has 0 saturated carbocycles. The van der Waals surface area contributed by atoms with Crippen LogP contribution in [0, 0.1) is 0 Å². The van der Waals surface area contributed by atoms with Crippen LogP contribution in [0.25, 0.3) is 0 Å². The zero-order valence-corrected chi connectivity index (χ0v) is 10.7. The molecule has 0 aliphatic rings. The third kappa shape index (κ3) is 3.58. The first-order valence-corrected chi connectivity index (χ1v) is 6.16. The lowest BCUT2D eigenvalue weighted by molar-refractivity contribution is -0.120. The van der Waals surface area contributed by atoms with Crippen LogP contribution in [0.1, 0.15) is 24.1 Å². The zero-order chi connectivity index (χ0) is 13.7. The molecular weight excluding hydrogens is 244 g/mol. The first-order valence-electron chi connectivity index (χ1n) is 6.16. The Morgan fingerprint density at radius 3 is 2.89 bits per heavy atom. The number of nitrogens with zero attached hydrogens (tertiary/aromatic N) is 1. The highest BCUT2D eigenvalue weighted by Crippen LogP contribution is 2.15. The molecule has 0 atom stereocenters. The normalized spacial score (nSPS) is 10.4. The van der Waals surface area contributed by atoms with Gasteiger partial charge in [0.1, 0.15) is 11.5 Å². The second-order valence-corrected chi connectivity index (χ2v) is 4.16. The van der Waals surface area contributed by atoms with Crippen molar-refractivity contribution in [3.8, 4) is 5.75 Å². The molecular formula is C14H16N2O3. The van der Waals surface area contributed by atoms with Crippen molar-refractivity contribution in [2.24, 2.45) is 0 Å². The van der Waals surface area contributed by atoms with E-state index >= 15 is 0 Å². The summed E-state index contributed by atoms with van der Waals surface area (Å²) < 4.78 is 5.38. The summed E-state index contributed by atoms with van der Waals surface area (Å²) in [6.07, 6.45) is 2.57. The number of amides is 1. The highest BCUT2D eigenvalue weighted by Gasteiger charge is 2.08. The highest BCUT2D eigenvalue weighted by molar-refractivity contribution is 5.79. The van der Waals surface area contributed by atoms with Gasteiger partial charge in [-0.1, -0.05) is 25.1 Å². The molecule has 1 heterocycles. The Hall–Kier alpha value is -2.30. The molecule has 19 heavy (non-hydrogen) atoms. The van der Waals surface area contributed by atoms with E-state index in [0.29, 0.717) is 11.5 Å². The number of oxazole rings is 1. The largest absolute Gasteiger partial charge is 0.508 e. The van der Waals surface area contributed by atoms with Gasteiger partial charge in [-0.15, -0.1) is 0 Å². The fraction of sp³-hybridized carbons (Fsp3) is 0.286. The van der Waals surface area contributed by atoms with Gasteiger partial charge in [0.25, 0.3) is 0 Å². The van der Waals surface area contributed by atoms with E-state index < -0.39 is 0 Å². The van der Waals surface area contributed by atoms with Crippen LogP contribution in [0.2, 0.25) is 0 Å². The van der Waals surface area contributed by atoms with E-state index in [1.54, 1.807) is 30.5 Å². The summed E-state index contributed by atoms with van der Waals surface area (Å²) in [7, 11) is 0. The average Bonchev–Trinajstić information content (AvgIpc) is 2.87. The quantitative estimate of drug-likeness (QED) is 0.859. The number of benzene rings is 1. The molecule has 0 aliphatic heterocycles. The van der Waals surface area contributed by atoms with Gasteiger partial charge in [-0.25, -0.2) is 4.98 Å². The second kappa shape index (κ2) is 6.04. The maximum atomic E-state index is 11.7. The van der Waals surface area contributed by atoms with E-state index in [9.17, 15) is 9.90 Å². The molecule has 1 aromatic carbocycles. The van der Waals surface area contributed by atoms with Crippen molar-refractivity contribution in [3.63, 3.8) is 0 Å². The lowest BCUT2D eigenvalue weighted by atomic mass is 10.1. The topological polar surface area (TPSA) is 75.4 Å². The summed E-state index contributed by atoms with van der Waals surface area (Å²) in [5.74, 6) is 1.23. The summed E-state index contributed by atoms with van der Waals surface area (Å²) in [6, 6.07) is 6.78. The zero-order valence-electron chi connectivity index (χ0n) is 10.7. The molecule has 0 unspecified atom stereocenters. The Balaban J connectivity index is 1.86. The Labute approximate surface area is 111 Å². The van der Waals surface area contributed by atoms with Crippen LogP contribution in [0.15, 0.2) is 34.9 Å². The summed E-state index contributed by atoms with van der Waals surface area (Å²) in [5.41, 5.74) is 0.599. The number of aromatic nitrogens is 1. The summed E-state index contributed by atoms with van der Waals surface area (Å²) in [5, 5.41) is 12.3. The first-order chi connectivity index (χ1) is 9.19. The fourth-order valence-electron chi connectivity index (χ4n) is 1.66. The minimum Gasteiger partial charge on any atom is -0.508 e. The molecule has 5 heteroatoms. The Kier molecular flexibility index (Phi) is 4.18. The predicted molar refractivity (Wildman–Crippen MR) is 69.5 cm³/mol. The summed E-state index contributed by atoms with van der Waals surface area (Å²) in [6.45, 7) is 2.23. The van der Waals surface area contributed by atoms with E-state index in [2.05, 4.69) is 10.3 Å². The van der Waals surface area contributed by atoms with E-state index in [4.69, 9.17) is 4.42 Å². The van der Waals surface area contributed by atoms with Gasteiger partial charge < -0.3 is 14.8 Å². The lowest BCUT2D eigenvalue weighted by Crippen LogP contribution is -2.24. The molecule has 1 amide bonds. The molecule has 0 saturated heterocycles. The lowest BCUT2D eigenvalue weighted by Gasteiger charge is -2.04. The fourth-order valence-corrected chi connectivity index (χ4v) is 1.66.